The summed E-state index contributed by atoms with van der Waals surface area (Å²) < 4.78 is 54.2. The van der Waals surface area contributed by atoms with Crippen LogP contribution in [0.5, 0.6) is 11.5 Å². The van der Waals surface area contributed by atoms with Gasteiger partial charge in [-0.15, -0.1) is 0 Å². The number of rotatable bonds is 10. The van der Waals surface area contributed by atoms with Crippen LogP contribution < -0.4 is 9.47 Å². The van der Waals surface area contributed by atoms with Crippen LogP contribution in [0.4, 0.5) is 13.2 Å². The lowest BCUT2D eigenvalue weighted by Crippen LogP contribution is -2.51. The van der Waals surface area contributed by atoms with Gasteiger partial charge in [-0.25, -0.2) is 0 Å². The number of unbranched alkanes of at least 4 members (excludes halogenated alkanes) is 2. The molecular formula is C28H41F3O3. The van der Waals surface area contributed by atoms with E-state index >= 15 is 0 Å². The number of aliphatic hydroxyl groups excluding tert-OH is 1. The van der Waals surface area contributed by atoms with Gasteiger partial charge < -0.3 is 14.6 Å². The van der Waals surface area contributed by atoms with E-state index in [2.05, 4.69) is 19.9 Å². The smallest absolute Gasteiger partial charge is 0.392 e. The van der Waals surface area contributed by atoms with E-state index in [0.717, 1.165) is 30.4 Å². The second kappa shape index (κ2) is 9.75. The number of benzene rings is 1. The summed E-state index contributed by atoms with van der Waals surface area (Å²) in [6.07, 6.45) is 1.11. The quantitative estimate of drug-likeness (QED) is 0.279. The largest absolute Gasteiger partial charge is 0.496 e. The van der Waals surface area contributed by atoms with Crippen molar-refractivity contribution in [1.29, 1.82) is 0 Å². The van der Waals surface area contributed by atoms with Gasteiger partial charge in [-0.2, -0.15) is 13.2 Å². The molecule has 2 bridgehead atoms. The van der Waals surface area contributed by atoms with Crippen molar-refractivity contribution in [3.63, 3.8) is 0 Å². The van der Waals surface area contributed by atoms with E-state index in [1.165, 1.54) is 0 Å². The van der Waals surface area contributed by atoms with Crippen molar-refractivity contribution >= 4 is 0 Å². The summed E-state index contributed by atoms with van der Waals surface area (Å²) in [5, 5.41) is 9.98. The fraction of sp³-hybridized carbons (Fsp3) is 0.714. The predicted molar refractivity (Wildman–Crippen MR) is 130 cm³/mol. The molecule has 3 aliphatic rings. The monoisotopic (exact) mass is 482 g/mol. The van der Waals surface area contributed by atoms with Crippen molar-refractivity contribution in [2.45, 2.75) is 84.2 Å². The molecule has 0 amide bonds. The van der Waals surface area contributed by atoms with E-state index < -0.39 is 17.5 Å². The lowest BCUT2D eigenvalue weighted by molar-refractivity contribution is -0.193. The molecule has 0 saturated heterocycles. The van der Waals surface area contributed by atoms with Crippen molar-refractivity contribution < 1.29 is 27.8 Å². The Bertz CT molecular complexity index is 876. The van der Waals surface area contributed by atoms with Gasteiger partial charge in [-0.05, 0) is 53.4 Å². The van der Waals surface area contributed by atoms with Crippen LogP contribution in [0, 0.1) is 23.2 Å². The number of ether oxygens (including phenoxy) is 2. The van der Waals surface area contributed by atoms with Crippen molar-refractivity contribution in [3.05, 3.63) is 34.9 Å². The minimum atomic E-state index is -4.30. The number of allylic oxidation sites excluding steroid dienone is 1. The number of hydrogen-bond acceptors (Lipinski definition) is 3. The number of aliphatic hydroxyl groups is 1. The molecule has 1 aromatic carbocycles. The lowest BCUT2D eigenvalue weighted by Gasteiger charge is -2.59. The number of alkyl halides is 3. The summed E-state index contributed by atoms with van der Waals surface area (Å²) >= 11 is 0. The maximum Gasteiger partial charge on any atom is 0.392 e. The van der Waals surface area contributed by atoms with Crippen LogP contribution in [0.15, 0.2) is 23.8 Å². The van der Waals surface area contributed by atoms with Gasteiger partial charge in [0.1, 0.15) is 11.5 Å². The maximum absolute atomic E-state index is 14.2. The maximum atomic E-state index is 14.2. The highest BCUT2D eigenvalue weighted by atomic mass is 19.4. The van der Waals surface area contributed by atoms with E-state index in [0.29, 0.717) is 35.3 Å². The number of hydrogen-bond donors (Lipinski definition) is 1. The Morgan fingerprint density at radius 2 is 1.68 bits per heavy atom. The third-order valence-corrected chi connectivity index (χ3v) is 8.78. The van der Waals surface area contributed by atoms with E-state index in [9.17, 15) is 18.3 Å². The van der Waals surface area contributed by atoms with E-state index in [1.54, 1.807) is 40.2 Å². The summed E-state index contributed by atoms with van der Waals surface area (Å²) in [6.45, 7) is 9.81. The first-order valence-electron chi connectivity index (χ1n) is 12.5. The van der Waals surface area contributed by atoms with E-state index in [-0.39, 0.29) is 24.4 Å². The van der Waals surface area contributed by atoms with Gasteiger partial charge in [0.05, 0.1) is 26.7 Å². The zero-order chi connectivity index (χ0) is 25.5. The standard InChI is InChI=1S/C28H41F3O3/c1-8-9-10-11-24(28(29,30)31)26(2,3)18-13-22(33-6)25(23(14-18)34-7)19-12-17(16-32)20-15-21(19)27(20,4)5/h12-14,19-21,24,32H,8-11,15-16H2,1-7H3/t19-,20+,21-,24-/m0/s1. The molecule has 6 heteroatoms. The summed E-state index contributed by atoms with van der Waals surface area (Å²) in [6, 6.07) is 3.56. The predicted octanol–water partition coefficient (Wildman–Crippen LogP) is 7.42. The van der Waals surface area contributed by atoms with Gasteiger partial charge in [0.15, 0.2) is 0 Å². The Kier molecular flexibility index (Phi) is 7.72. The van der Waals surface area contributed by atoms with Crippen LogP contribution in [-0.4, -0.2) is 32.1 Å². The van der Waals surface area contributed by atoms with Gasteiger partial charge in [0.2, 0.25) is 0 Å². The first-order valence-corrected chi connectivity index (χ1v) is 12.5. The molecule has 1 fully saturated rings. The van der Waals surface area contributed by atoms with E-state index in [4.69, 9.17) is 9.47 Å². The molecule has 1 saturated carbocycles. The first kappa shape index (κ1) is 26.9. The number of methoxy groups -OCH3 is 2. The first-order chi connectivity index (χ1) is 15.8. The van der Waals surface area contributed by atoms with Crippen LogP contribution in [0.2, 0.25) is 0 Å². The zero-order valence-corrected chi connectivity index (χ0v) is 21.7. The highest BCUT2D eigenvalue weighted by Gasteiger charge is 2.56. The lowest BCUT2D eigenvalue weighted by atomic mass is 9.45. The van der Waals surface area contributed by atoms with Crippen molar-refractivity contribution in [2.75, 3.05) is 20.8 Å². The van der Waals surface area contributed by atoms with Crippen LogP contribution in [0.1, 0.15) is 83.8 Å². The second-order valence-electron chi connectivity index (χ2n) is 11.2. The van der Waals surface area contributed by atoms with E-state index in [1.807, 2.05) is 6.92 Å². The molecule has 4 atom stereocenters. The minimum absolute atomic E-state index is 0.0120. The Morgan fingerprint density at radius 3 is 2.12 bits per heavy atom. The molecule has 3 aliphatic carbocycles. The summed E-state index contributed by atoms with van der Waals surface area (Å²) in [5.74, 6) is 0.338. The molecule has 192 valence electrons. The van der Waals surface area contributed by atoms with Crippen LogP contribution in [0.25, 0.3) is 0 Å². The SMILES string of the molecule is CCCCC[C@H](C(F)(F)F)C(C)(C)c1cc(OC)c([C@H]2C=C(CO)[C@H]3C[C@@H]2C3(C)C)c(OC)c1. The highest BCUT2D eigenvalue weighted by molar-refractivity contribution is 5.55. The molecule has 0 aliphatic heterocycles. The van der Waals surface area contributed by atoms with Crippen molar-refractivity contribution in [1.82, 2.24) is 0 Å². The van der Waals surface area contributed by atoms with Gasteiger partial charge in [-0.3, -0.25) is 0 Å². The molecular weight excluding hydrogens is 441 g/mol. The van der Waals surface area contributed by atoms with Gasteiger partial charge in [0.25, 0.3) is 0 Å². The molecule has 0 spiro atoms. The van der Waals surface area contributed by atoms with Crippen molar-refractivity contribution in [3.8, 4) is 11.5 Å². The molecule has 0 unspecified atom stereocenters. The molecule has 1 aromatic rings. The molecule has 0 aromatic heterocycles. The Hall–Kier alpha value is -1.69. The zero-order valence-electron chi connectivity index (χ0n) is 21.7. The van der Waals surface area contributed by atoms with Crippen molar-refractivity contribution in [2.24, 2.45) is 23.2 Å². The summed E-state index contributed by atoms with van der Waals surface area (Å²) in [5.41, 5.74) is 1.34. The Balaban J connectivity index is 2.09. The molecule has 1 N–H and O–H groups in total. The molecule has 3 nitrogen and oxygen atoms in total. The molecule has 4 rings (SSSR count). The summed E-state index contributed by atoms with van der Waals surface area (Å²) in [7, 11) is 3.12. The topological polar surface area (TPSA) is 38.7 Å². The Morgan fingerprint density at radius 1 is 1.09 bits per heavy atom. The average Bonchev–Trinajstić information content (AvgIpc) is 2.78. The number of fused-ring (bicyclic) bond motifs is 1. The van der Waals surface area contributed by atoms with Crippen LogP contribution in [0.3, 0.4) is 0 Å². The minimum Gasteiger partial charge on any atom is -0.496 e. The molecule has 0 heterocycles. The second-order valence-corrected chi connectivity index (χ2v) is 11.2. The fourth-order valence-corrected chi connectivity index (χ4v) is 6.48. The summed E-state index contributed by atoms with van der Waals surface area (Å²) in [4.78, 5) is 0. The van der Waals surface area contributed by atoms with Gasteiger partial charge in [0, 0.05) is 16.9 Å². The van der Waals surface area contributed by atoms with Crippen LogP contribution >= 0.6 is 0 Å². The van der Waals surface area contributed by atoms with Gasteiger partial charge in [-0.1, -0.05) is 60.0 Å². The van der Waals surface area contributed by atoms with Gasteiger partial charge >= 0.3 is 6.18 Å². The van der Waals surface area contributed by atoms with Crippen LogP contribution in [-0.2, 0) is 5.41 Å². The Labute approximate surface area is 202 Å². The number of halogens is 3. The normalized spacial score (nSPS) is 24.8. The molecule has 34 heavy (non-hydrogen) atoms. The fourth-order valence-electron chi connectivity index (χ4n) is 6.48. The average molecular weight is 483 g/mol. The third-order valence-electron chi connectivity index (χ3n) is 8.78. The third kappa shape index (κ3) is 4.59. The molecule has 0 radical (unpaired) electrons. The highest BCUT2D eigenvalue weighted by Crippen LogP contribution is 2.65.